The Hall–Kier alpha value is 1.23. The van der Waals surface area contributed by atoms with Gasteiger partial charge in [0, 0.05) is 0 Å². The molecule has 0 amide bonds. The molecule has 5 heteroatoms. The van der Waals surface area contributed by atoms with E-state index in [9.17, 15) is 12.9 Å². The van der Waals surface area contributed by atoms with Crippen molar-refractivity contribution in [2.45, 2.75) is 39.0 Å². The van der Waals surface area contributed by atoms with Crippen LogP contribution in [0.5, 0.6) is 0 Å². The van der Waals surface area contributed by atoms with E-state index in [1.54, 1.807) is 0 Å². The number of hydrogen-bond acceptors (Lipinski definition) is 0. The van der Waals surface area contributed by atoms with Crippen LogP contribution in [0, 0.1) is 5.98 Å². The van der Waals surface area contributed by atoms with Crippen LogP contribution in [0.2, 0.25) is 0 Å². The van der Waals surface area contributed by atoms with Crippen LogP contribution in [-0.4, -0.2) is 6.98 Å². The zero-order valence-corrected chi connectivity index (χ0v) is 11.4. The SMILES string of the molecule is CCCCCCC=[C][B-](F)(F)F.[K+]. The van der Waals surface area contributed by atoms with Gasteiger partial charge in [0.2, 0.25) is 0 Å². The summed E-state index contributed by atoms with van der Waals surface area (Å²) in [6.45, 7) is -2.76. The maximum absolute atomic E-state index is 11.6. The van der Waals surface area contributed by atoms with E-state index in [0.717, 1.165) is 31.8 Å². The molecule has 0 N–H and O–H groups in total. The topological polar surface area (TPSA) is 0 Å². The molecule has 0 aliphatic heterocycles. The van der Waals surface area contributed by atoms with Gasteiger partial charge in [-0.15, -0.1) is 12.1 Å². The summed E-state index contributed by atoms with van der Waals surface area (Å²) in [5, 5.41) is 0. The molecule has 0 saturated carbocycles. The van der Waals surface area contributed by atoms with Crippen LogP contribution in [0.3, 0.4) is 0 Å². The monoisotopic (exact) mass is 217 g/mol. The maximum Gasteiger partial charge on any atom is 1.00 e. The fraction of sp³-hybridized carbons (Fsp3) is 0.750. The van der Waals surface area contributed by atoms with Crippen molar-refractivity contribution in [1.82, 2.24) is 0 Å². The molecule has 0 aromatic carbocycles. The standard InChI is InChI=1S/C8H14BF3.K/c1-2-3-4-5-6-7-8-9(10,11)12;/h7H,2-6H2,1H3;/q-1;+1. The second-order valence-electron chi connectivity index (χ2n) is 2.79. The summed E-state index contributed by atoms with van der Waals surface area (Å²) in [5.74, 6) is 1.44. The summed E-state index contributed by atoms with van der Waals surface area (Å²) in [6, 6.07) is 0. The van der Waals surface area contributed by atoms with Crippen molar-refractivity contribution in [3.05, 3.63) is 12.1 Å². The molecule has 0 nitrogen and oxygen atoms in total. The predicted octanol–water partition coefficient (Wildman–Crippen LogP) is 0.707. The van der Waals surface area contributed by atoms with Gasteiger partial charge in [-0.25, -0.2) is 0 Å². The van der Waals surface area contributed by atoms with Gasteiger partial charge in [-0.3, -0.25) is 0 Å². The van der Waals surface area contributed by atoms with Gasteiger partial charge >= 0.3 is 58.4 Å². The normalized spacial score (nSPS) is 11.7. The van der Waals surface area contributed by atoms with Crippen molar-refractivity contribution in [2.24, 2.45) is 0 Å². The Kier molecular flexibility index (Phi) is 12.5. The van der Waals surface area contributed by atoms with Crippen LogP contribution in [0.4, 0.5) is 12.9 Å². The summed E-state index contributed by atoms with van der Waals surface area (Å²) < 4.78 is 34.7. The van der Waals surface area contributed by atoms with Gasteiger partial charge in [0.15, 0.2) is 0 Å². The zero-order chi connectivity index (χ0) is 9.45. The Labute approximate surface area is 121 Å². The number of hydrogen-bond donors (Lipinski definition) is 0. The van der Waals surface area contributed by atoms with E-state index in [-0.39, 0.29) is 51.4 Å². The maximum atomic E-state index is 11.6. The second-order valence-corrected chi connectivity index (χ2v) is 2.79. The van der Waals surface area contributed by atoms with Gasteiger partial charge < -0.3 is 12.9 Å². The minimum Gasteiger partial charge on any atom is -0.445 e. The number of halogens is 3. The third kappa shape index (κ3) is 15.9. The molecule has 0 atom stereocenters. The number of unbranched alkanes of at least 4 members (excludes halogenated alkanes) is 4. The molecule has 0 aromatic rings. The molecule has 0 fully saturated rings. The van der Waals surface area contributed by atoms with Crippen LogP contribution >= 0.6 is 0 Å². The van der Waals surface area contributed by atoms with E-state index < -0.39 is 6.98 Å². The average molecular weight is 217 g/mol. The number of rotatable bonds is 6. The Morgan fingerprint density at radius 3 is 2.23 bits per heavy atom. The first-order chi connectivity index (χ1) is 5.56. The van der Waals surface area contributed by atoms with Crippen molar-refractivity contribution in [3.63, 3.8) is 0 Å². The zero-order valence-electron chi connectivity index (χ0n) is 8.32. The number of allylic oxidation sites excluding steroid dienone is 1. The molecule has 0 aliphatic rings. The third-order valence-corrected chi connectivity index (χ3v) is 1.51. The van der Waals surface area contributed by atoms with E-state index in [0.29, 0.717) is 6.42 Å². The summed E-state index contributed by atoms with van der Waals surface area (Å²) in [7, 11) is 0. The Balaban J connectivity index is 0. The summed E-state index contributed by atoms with van der Waals surface area (Å²) >= 11 is 0. The molecule has 0 rings (SSSR count). The van der Waals surface area contributed by atoms with E-state index in [2.05, 4.69) is 6.92 Å². The van der Waals surface area contributed by atoms with Crippen LogP contribution in [0.25, 0.3) is 0 Å². The third-order valence-electron chi connectivity index (χ3n) is 1.51. The van der Waals surface area contributed by atoms with Gasteiger partial charge in [-0.1, -0.05) is 26.2 Å². The van der Waals surface area contributed by atoms with Gasteiger partial charge in [0.05, 0.1) is 0 Å². The molecule has 0 saturated heterocycles. The van der Waals surface area contributed by atoms with Crippen molar-refractivity contribution < 1.29 is 64.3 Å². The van der Waals surface area contributed by atoms with Gasteiger partial charge in [-0.05, 0) is 12.8 Å². The van der Waals surface area contributed by atoms with E-state index in [1.165, 1.54) is 5.98 Å². The molecule has 0 spiro atoms. The van der Waals surface area contributed by atoms with E-state index >= 15 is 0 Å². The summed E-state index contributed by atoms with van der Waals surface area (Å²) in [6.07, 6.45) is 5.67. The first-order valence-corrected chi connectivity index (χ1v) is 4.35. The summed E-state index contributed by atoms with van der Waals surface area (Å²) in [5.41, 5.74) is 0. The van der Waals surface area contributed by atoms with Gasteiger partial charge in [-0.2, -0.15) is 0 Å². The fourth-order valence-corrected chi connectivity index (χ4v) is 0.890. The first-order valence-electron chi connectivity index (χ1n) is 4.35. The molecular weight excluding hydrogens is 203 g/mol. The van der Waals surface area contributed by atoms with Crippen molar-refractivity contribution in [3.8, 4) is 0 Å². The molecule has 1 radical (unpaired) electrons. The van der Waals surface area contributed by atoms with Crippen LogP contribution in [0.1, 0.15) is 39.0 Å². The smallest absolute Gasteiger partial charge is 0.445 e. The Morgan fingerprint density at radius 2 is 1.77 bits per heavy atom. The van der Waals surface area contributed by atoms with Crippen LogP contribution < -0.4 is 51.4 Å². The van der Waals surface area contributed by atoms with Gasteiger partial charge in [0.1, 0.15) is 0 Å². The van der Waals surface area contributed by atoms with Crippen LogP contribution in [0.15, 0.2) is 6.08 Å². The van der Waals surface area contributed by atoms with Gasteiger partial charge in [0.25, 0.3) is 0 Å². The molecule has 0 heterocycles. The Morgan fingerprint density at radius 1 is 1.15 bits per heavy atom. The molecule has 0 aromatic heterocycles. The van der Waals surface area contributed by atoms with E-state index in [4.69, 9.17) is 0 Å². The minimum absolute atomic E-state index is 0. The largest absolute Gasteiger partial charge is 1.00 e. The molecule has 0 bridgehead atoms. The summed E-state index contributed by atoms with van der Waals surface area (Å²) in [4.78, 5) is 0. The predicted molar refractivity (Wildman–Crippen MR) is 45.7 cm³/mol. The molecular formula is C8H14BF3K. The van der Waals surface area contributed by atoms with Crippen molar-refractivity contribution in [1.29, 1.82) is 0 Å². The van der Waals surface area contributed by atoms with E-state index in [1.807, 2.05) is 0 Å². The average Bonchev–Trinajstić information content (AvgIpc) is 1.94. The Bertz CT molecular complexity index is 134. The quantitative estimate of drug-likeness (QED) is 0.454. The molecule has 71 valence electrons. The van der Waals surface area contributed by atoms with Crippen molar-refractivity contribution >= 4 is 6.98 Å². The second kappa shape index (κ2) is 9.77. The fourth-order valence-electron chi connectivity index (χ4n) is 0.890. The van der Waals surface area contributed by atoms with Crippen molar-refractivity contribution in [2.75, 3.05) is 0 Å². The first kappa shape index (κ1) is 16.7. The van der Waals surface area contributed by atoms with Crippen LogP contribution in [-0.2, 0) is 0 Å². The minimum atomic E-state index is -4.83. The molecule has 0 aliphatic carbocycles. The molecule has 0 unspecified atom stereocenters. The molecule has 13 heavy (non-hydrogen) atoms.